The van der Waals surface area contributed by atoms with Crippen LogP contribution >= 0.6 is 0 Å². The van der Waals surface area contributed by atoms with Crippen molar-refractivity contribution in [3.8, 4) is 11.8 Å². The van der Waals surface area contributed by atoms with E-state index in [4.69, 9.17) is 4.74 Å². The Balaban J connectivity index is 2.34. The standard InChI is InChI=1S/C18H18O4/c1-21-17(19)15-11-10-14(12-16(15)18(20)22-2)9-8-13-6-4-3-5-7-13/h6,10-12H,3-5,7H2,1-2H3. The zero-order chi connectivity index (χ0) is 15.9. The maximum atomic E-state index is 11.8. The summed E-state index contributed by atoms with van der Waals surface area (Å²) in [6.07, 6.45) is 6.59. The summed E-state index contributed by atoms with van der Waals surface area (Å²) in [6, 6.07) is 4.81. The molecule has 0 N–H and O–H groups in total. The number of hydrogen-bond donors (Lipinski definition) is 0. The van der Waals surface area contributed by atoms with Gasteiger partial charge in [0.15, 0.2) is 0 Å². The summed E-state index contributed by atoms with van der Waals surface area (Å²) in [5, 5.41) is 0. The summed E-state index contributed by atoms with van der Waals surface area (Å²) in [7, 11) is 2.54. The highest BCUT2D eigenvalue weighted by Gasteiger charge is 2.18. The van der Waals surface area contributed by atoms with Gasteiger partial charge < -0.3 is 9.47 Å². The van der Waals surface area contributed by atoms with Crippen LogP contribution < -0.4 is 0 Å². The molecule has 0 fully saturated rings. The van der Waals surface area contributed by atoms with Gasteiger partial charge in [-0.05, 0) is 49.5 Å². The molecule has 0 aromatic heterocycles. The van der Waals surface area contributed by atoms with Gasteiger partial charge in [-0.1, -0.05) is 17.9 Å². The van der Waals surface area contributed by atoms with E-state index in [1.165, 1.54) is 26.7 Å². The first-order valence-electron chi connectivity index (χ1n) is 7.17. The Labute approximate surface area is 130 Å². The second-order valence-electron chi connectivity index (χ2n) is 4.97. The fraction of sp³-hybridized carbons (Fsp3) is 0.333. The van der Waals surface area contributed by atoms with Gasteiger partial charge >= 0.3 is 11.9 Å². The van der Waals surface area contributed by atoms with Crippen LogP contribution in [0.25, 0.3) is 0 Å². The fourth-order valence-electron chi connectivity index (χ4n) is 2.29. The molecule has 0 saturated heterocycles. The van der Waals surface area contributed by atoms with Crippen molar-refractivity contribution in [2.45, 2.75) is 25.7 Å². The van der Waals surface area contributed by atoms with Crippen molar-refractivity contribution >= 4 is 11.9 Å². The molecule has 1 aliphatic rings. The number of ether oxygens (including phenoxy) is 2. The van der Waals surface area contributed by atoms with E-state index in [0.717, 1.165) is 24.8 Å². The maximum Gasteiger partial charge on any atom is 0.338 e. The average Bonchev–Trinajstić information content (AvgIpc) is 2.59. The fourth-order valence-corrected chi connectivity index (χ4v) is 2.29. The minimum absolute atomic E-state index is 0.166. The molecule has 0 aliphatic heterocycles. The summed E-state index contributed by atoms with van der Waals surface area (Å²) in [5.74, 6) is 5.01. The number of esters is 2. The van der Waals surface area contributed by atoms with E-state index in [9.17, 15) is 9.59 Å². The van der Waals surface area contributed by atoms with Gasteiger partial charge in [0.05, 0.1) is 25.3 Å². The Bertz CT molecular complexity index is 674. The molecule has 1 aromatic rings. The molecule has 0 heterocycles. The van der Waals surface area contributed by atoms with Gasteiger partial charge in [0.1, 0.15) is 0 Å². The van der Waals surface area contributed by atoms with E-state index in [1.807, 2.05) is 0 Å². The SMILES string of the molecule is COC(=O)c1ccc(C#CC2=CCCCC2)cc1C(=O)OC. The lowest BCUT2D eigenvalue weighted by Crippen LogP contribution is -2.12. The summed E-state index contributed by atoms with van der Waals surface area (Å²) in [6.45, 7) is 0. The Kier molecular flexibility index (Phi) is 5.37. The van der Waals surface area contributed by atoms with Gasteiger partial charge in [0, 0.05) is 5.56 Å². The molecule has 0 amide bonds. The Morgan fingerprint density at radius 3 is 2.36 bits per heavy atom. The Morgan fingerprint density at radius 1 is 1.00 bits per heavy atom. The first kappa shape index (κ1) is 15.8. The summed E-state index contributed by atoms with van der Waals surface area (Å²) >= 11 is 0. The summed E-state index contributed by atoms with van der Waals surface area (Å²) in [4.78, 5) is 23.5. The minimum atomic E-state index is -0.582. The van der Waals surface area contributed by atoms with Crippen LogP contribution in [0, 0.1) is 11.8 Å². The van der Waals surface area contributed by atoms with Crippen LogP contribution in [-0.2, 0) is 9.47 Å². The van der Waals surface area contributed by atoms with Crippen LogP contribution in [0.5, 0.6) is 0 Å². The van der Waals surface area contributed by atoms with E-state index in [2.05, 4.69) is 22.7 Å². The number of allylic oxidation sites excluding steroid dienone is 2. The van der Waals surface area contributed by atoms with Gasteiger partial charge in [0.2, 0.25) is 0 Å². The minimum Gasteiger partial charge on any atom is -0.465 e. The van der Waals surface area contributed by atoms with Crippen LogP contribution in [0.1, 0.15) is 52.0 Å². The molecule has 114 valence electrons. The third kappa shape index (κ3) is 3.76. The average molecular weight is 298 g/mol. The lowest BCUT2D eigenvalue weighted by atomic mass is 9.99. The normalized spacial score (nSPS) is 13.5. The monoisotopic (exact) mass is 298 g/mol. The highest BCUT2D eigenvalue weighted by Crippen LogP contribution is 2.17. The molecule has 1 aliphatic carbocycles. The van der Waals surface area contributed by atoms with E-state index in [1.54, 1.807) is 12.1 Å². The smallest absolute Gasteiger partial charge is 0.338 e. The molecule has 1 aromatic carbocycles. The summed E-state index contributed by atoms with van der Waals surface area (Å²) in [5.41, 5.74) is 2.14. The number of benzene rings is 1. The van der Waals surface area contributed by atoms with Crippen molar-refractivity contribution in [3.63, 3.8) is 0 Å². The van der Waals surface area contributed by atoms with Crippen LogP contribution in [-0.4, -0.2) is 26.2 Å². The number of carbonyl (C=O) groups excluding carboxylic acids is 2. The molecule has 0 saturated carbocycles. The number of rotatable bonds is 2. The lowest BCUT2D eigenvalue weighted by molar-refractivity contribution is 0.0555. The van der Waals surface area contributed by atoms with Gasteiger partial charge in [-0.3, -0.25) is 0 Å². The molecular weight excluding hydrogens is 280 g/mol. The summed E-state index contributed by atoms with van der Waals surface area (Å²) < 4.78 is 9.39. The Morgan fingerprint density at radius 2 is 1.73 bits per heavy atom. The van der Waals surface area contributed by atoms with E-state index in [0.29, 0.717) is 5.56 Å². The second-order valence-corrected chi connectivity index (χ2v) is 4.97. The van der Waals surface area contributed by atoms with Crippen LogP contribution in [0.4, 0.5) is 0 Å². The van der Waals surface area contributed by atoms with Crippen molar-refractivity contribution in [2.75, 3.05) is 14.2 Å². The molecule has 0 spiro atoms. The van der Waals surface area contributed by atoms with Crippen LogP contribution in [0.2, 0.25) is 0 Å². The van der Waals surface area contributed by atoms with Crippen molar-refractivity contribution in [1.29, 1.82) is 0 Å². The first-order valence-corrected chi connectivity index (χ1v) is 7.17. The predicted molar refractivity (Wildman–Crippen MR) is 82.6 cm³/mol. The van der Waals surface area contributed by atoms with Crippen molar-refractivity contribution in [3.05, 3.63) is 46.5 Å². The molecule has 22 heavy (non-hydrogen) atoms. The van der Waals surface area contributed by atoms with Gasteiger partial charge in [-0.25, -0.2) is 9.59 Å². The lowest BCUT2D eigenvalue weighted by Gasteiger charge is -2.07. The highest BCUT2D eigenvalue weighted by molar-refractivity contribution is 6.03. The molecule has 4 nitrogen and oxygen atoms in total. The first-order chi connectivity index (χ1) is 10.7. The highest BCUT2D eigenvalue weighted by atomic mass is 16.5. The molecule has 4 heteroatoms. The largest absolute Gasteiger partial charge is 0.465 e. The third-order valence-electron chi connectivity index (χ3n) is 3.49. The van der Waals surface area contributed by atoms with Gasteiger partial charge in [-0.15, -0.1) is 0 Å². The van der Waals surface area contributed by atoms with Crippen molar-refractivity contribution < 1.29 is 19.1 Å². The van der Waals surface area contributed by atoms with E-state index >= 15 is 0 Å². The maximum absolute atomic E-state index is 11.8. The predicted octanol–water partition coefficient (Wildman–Crippen LogP) is 3.11. The van der Waals surface area contributed by atoms with Crippen LogP contribution in [0.3, 0.4) is 0 Å². The zero-order valence-electron chi connectivity index (χ0n) is 12.8. The number of carbonyl (C=O) groups is 2. The Hall–Kier alpha value is -2.54. The zero-order valence-corrected chi connectivity index (χ0v) is 12.8. The molecule has 2 rings (SSSR count). The van der Waals surface area contributed by atoms with Gasteiger partial charge in [-0.2, -0.15) is 0 Å². The third-order valence-corrected chi connectivity index (χ3v) is 3.49. The van der Waals surface area contributed by atoms with E-state index in [-0.39, 0.29) is 11.1 Å². The number of hydrogen-bond acceptors (Lipinski definition) is 4. The van der Waals surface area contributed by atoms with E-state index < -0.39 is 11.9 Å². The molecule has 0 unspecified atom stereocenters. The topological polar surface area (TPSA) is 52.6 Å². The van der Waals surface area contributed by atoms with Crippen molar-refractivity contribution in [2.24, 2.45) is 0 Å². The molecule has 0 bridgehead atoms. The molecule has 0 atom stereocenters. The van der Waals surface area contributed by atoms with Crippen molar-refractivity contribution in [1.82, 2.24) is 0 Å². The van der Waals surface area contributed by atoms with Crippen LogP contribution in [0.15, 0.2) is 29.8 Å². The second kappa shape index (κ2) is 7.46. The van der Waals surface area contributed by atoms with Gasteiger partial charge in [0.25, 0.3) is 0 Å². The number of methoxy groups -OCH3 is 2. The quantitative estimate of drug-likeness (QED) is 0.622. The molecular formula is C18H18O4. The molecule has 0 radical (unpaired) electrons.